The number of para-hydroxylation sites is 2. The van der Waals surface area contributed by atoms with E-state index in [0.29, 0.717) is 22.2 Å². The van der Waals surface area contributed by atoms with Crippen LogP contribution in [0.2, 0.25) is 5.02 Å². The van der Waals surface area contributed by atoms with Crippen LogP contribution in [0.4, 0.5) is 17.1 Å². The summed E-state index contributed by atoms with van der Waals surface area (Å²) in [5, 5.41) is 14.7. The van der Waals surface area contributed by atoms with Crippen LogP contribution in [0.5, 0.6) is 11.5 Å². The Labute approximate surface area is 143 Å². The summed E-state index contributed by atoms with van der Waals surface area (Å²) in [7, 11) is 0. The molecule has 120 valence electrons. The van der Waals surface area contributed by atoms with Gasteiger partial charge in [-0.1, -0.05) is 23.7 Å². The van der Waals surface area contributed by atoms with Gasteiger partial charge in [0.05, 0.1) is 4.92 Å². The van der Waals surface area contributed by atoms with Crippen LogP contribution in [0, 0.1) is 10.1 Å². The first-order valence-electron chi connectivity index (χ1n) is 7.16. The lowest BCUT2D eigenvalue weighted by Gasteiger charge is -2.09. The van der Waals surface area contributed by atoms with E-state index in [-0.39, 0.29) is 5.69 Å². The van der Waals surface area contributed by atoms with Gasteiger partial charge in [-0.15, -0.1) is 0 Å². The van der Waals surface area contributed by atoms with E-state index in [4.69, 9.17) is 16.3 Å². The standard InChI is InChI=1S/C18H13ClN2O3/c19-13-5-9-15(10-6-13)24-16-11-7-14(8-12-16)20-17-3-1-2-4-18(17)21(22)23/h1-12,20H. The number of anilines is 2. The number of benzene rings is 3. The summed E-state index contributed by atoms with van der Waals surface area (Å²) in [5.74, 6) is 1.34. The fourth-order valence-corrected chi connectivity index (χ4v) is 2.27. The molecule has 3 aromatic rings. The number of nitrogens with one attached hydrogen (secondary N) is 1. The molecule has 5 nitrogen and oxygen atoms in total. The van der Waals surface area contributed by atoms with Gasteiger partial charge in [0, 0.05) is 16.8 Å². The van der Waals surface area contributed by atoms with Crippen molar-refractivity contribution in [2.75, 3.05) is 5.32 Å². The van der Waals surface area contributed by atoms with Crippen molar-refractivity contribution in [1.82, 2.24) is 0 Å². The third kappa shape index (κ3) is 3.83. The second kappa shape index (κ2) is 7.02. The second-order valence-electron chi connectivity index (χ2n) is 4.98. The monoisotopic (exact) mass is 340 g/mol. The zero-order valence-corrected chi connectivity index (χ0v) is 13.2. The average molecular weight is 341 g/mol. The molecule has 0 saturated heterocycles. The van der Waals surface area contributed by atoms with Crippen LogP contribution in [0.3, 0.4) is 0 Å². The lowest BCUT2D eigenvalue weighted by molar-refractivity contribution is -0.383. The van der Waals surface area contributed by atoms with Crippen LogP contribution >= 0.6 is 11.6 Å². The Balaban J connectivity index is 1.73. The maximum atomic E-state index is 11.0. The highest BCUT2D eigenvalue weighted by molar-refractivity contribution is 6.30. The van der Waals surface area contributed by atoms with E-state index >= 15 is 0 Å². The van der Waals surface area contributed by atoms with Gasteiger partial charge in [-0.2, -0.15) is 0 Å². The maximum Gasteiger partial charge on any atom is 0.292 e. The zero-order valence-electron chi connectivity index (χ0n) is 12.5. The summed E-state index contributed by atoms with van der Waals surface area (Å²) in [5.41, 5.74) is 1.20. The van der Waals surface area contributed by atoms with E-state index in [1.165, 1.54) is 6.07 Å². The fourth-order valence-electron chi connectivity index (χ4n) is 2.14. The molecule has 0 heterocycles. The molecule has 1 N–H and O–H groups in total. The molecule has 0 aliphatic heterocycles. The Morgan fingerprint density at radius 1 is 0.875 bits per heavy atom. The molecular formula is C18H13ClN2O3. The van der Waals surface area contributed by atoms with Gasteiger partial charge in [-0.05, 0) is 54.6 Å². The van der Waals surface area contributed by atoms with Gasteiger partial charge in [-0.3, -0.25) is 10.1 Å². The zero-order chi connectivity index (χ0) is 16.9. The van der Waals surface area contributed by atoms with Gasteiger partial charge in [0.1, 0.15) is 17.2 Å². The van der Waals surface area contributed by atoms with E-state index in [9.17, 15) is 10.1 Å². The van der Waals surface area contributed by atoms with Crippen molar-refractivity contribution in [3.05, 3.63) is 87.9 Å². The summed E-state index contributed by atoms with van der Waals surface area (Å²) >= 11 is 5.84. The highest BCUT2D eigenvalue weighted by Gasteiger charge is 2.12. The minimum absolute atomic E-state index is 0.0268. The number of hydrogen-bond acceptors (Lipinski definition) is 4. The molecule has 0 aliphatic carbocycles. The molecule has 0 aromatic heterocycles. The van der Waals surface area contributed by atoms with Crippen molar-refractivity contribution < 1.29 is 9.66 Å². The Hall–Kier alpha value is -3.05. The molecule has 24 heavy (non-hydrogen) atoms. The van der Waals surface area contributed by atoms with Gasteiger partial charge < -0.3 is 10.1 Å². The molecule has 0 spiro atoms. The summed E-state index contributed by atoms with van der Waals surface area (Å²) in [4.78, 5) is 10.6. The molecule has 0 amide bonds. The summed E-state index contributed by atoms with van der Waals surface area (Å²) < 4.78 is 5.71. The molecule has 0 bridgehead atoms. The van der Waals surface area contributed by atoms with E-state index in [1.807, 2.05) is 0 Å². The average Bonchev–Trinajstić information content (AvgIpc) is 2.59. The predicted octanol–water partition coefficient (Wildman–Crippen LogP) is 5.78. The third-order valence-corrected chi connectivity index (χ3v) is 3.54. The first-order chi connectivity index (χ1) is 11.6. The number of rotatable bonds is 5. The van der Waals surface area contributed by atoms with Gasteiger partial charge in [0.25, 0.3) is 5.69 Å². The number of nitrogens with zero attached hydrogens (tertiary/aromatic N) is 1. The Bertz CT molecular complexity index is 849. The lowest BCUT2D eigenvalue weighted by Crippen LogP contribution is -1.96. The van der Waals surface area contributed by atoms with Crippen LogP contribution in [0.25, 0.3) is 0 Å². The van der Waals surface area contributed by atoms with Crippen molar-refractivity contribution >= 4 is 28.7 Å². The molecule has 0 atom stereocenters. The molecule has 3 aromatic carbocycles. The van der Waals surface area contributed by atoms with Crippen LogP contribution < -0.4 is 10.1 Å². The number of halogens is 1. The van der Waals surface area contributed by atoms with Crippen LogP contribution in [-0.4, -0.2) is 4.92 Å². The molecule has 6 heteroatoms. The number of nitro groups is 1. The quantitative estimate of drug-likeness (QED) is 0.472. The van der Waals surface area contributed by atoms with Crippen LogP contribution in [0.1, 0.15) is 0 Å². The molecule has 0 saturated carbocycles. The highest BCUT2D eigenvalue weighted by atomic mass is 35.5. The van der Waals surface area contributed by atoms with E-state index < -0.39 is 4.92 Å². The first-order valence-corrected chi connectivity index (χ1v) is 7.53. The molecule has 0 aliphatic rings. The van der Waals surface area contributed by atoms with Crippen LogP contribution in [-0.2, 0) is 0 Å². The van der Waals surface area contributed by atoms with Gasteiger partial charge in [0.2, 0.25) is 0 Å². The van der Waals surface area contributed by atoms with Crippen molar-refractivity contribution in [3.8, 4) is 11.5 Å². The van der Waals surface area contributed by atoms with Crippen molar-refractivity contribution in [1.29, 1.82) is 0 Å². The molecule has 0 unspecified atom stereocenters. The number of ether oxygens (including phenoxy) is 1. The minimum atomic E-state index is -0.416. The largest absolute Gasteiger partial charge is 0.457 e. The smallest absolute Gasteiger partial charge is 0.292 e. The van der Waals surface area contributed by atoms with E-state index in [0.717, 1.165) is 5.69 Å². The topological polar surface area (TPSA) is 64.4 Å². The number of hydrogen-bond donors (Lipinski definition) is 1. The normalized spacial score (nSPS) is 10.2. The maximum absolute atomic E-state index is 11.0. The highest BCUT2D eigenvalue weighted by Crippen LogP contribution is 2.29. The second-order valence-corrected chi connectivity index (χ2v) is 5.42. The molecular weight excluding hydrogens is 328 g/mol. The lowest BCUT2D eigenvalue weighted by atomic mass is 10.2. The van der Waals surface area contributed by atoms with Crippen molar-refractivity contribution in [2.24, 2.45) is 0 Å². The van der Waals surface area contributed by atoms with Gasteiger partial charge in [-0.25, -0.2) is 0 Å². The SMILES string of the molecule is O=[N+]([O-])c1ccccc1Nc1ccc(Oc2ccc(Cl)cc2)cc1. The molecule has 0 fully saturated rings. The van der Waals surface area contributed by atoms with Crippen molar-refractivity contribution in [3.63, 3.8) is 0 Å². The summed E-state index contributed by atoms with van der Waals surface area (Å²) in [6.45, 7) is 0. The summed E-state index contributed by atoms with van der Waals surface area (Å²) in [6.07, 6.45) is 0. The predicted molar refractivity (Wildman–Crippen MR) is 94.3 cm³/mol. The van der Waals surface area contributed by atoms with Gasteiger partial charge in [0.15, 0.2) is 0 Å². The molecule has 0 radical (unpaired) electrons. The summed E-state index contributed by atoms with van der Waals surface area (Å²) in [6, 6.07) is 20.7. The third-order valence-electron chi connectivity index (χ3n) is 3.28. The van der Waals surface area contributed by atoms with E-state index in [1.54, 1.807) is 66.7 Å². The fraction of sp³-hybridized carbons (Fsp3) is 0. The number of nitro benzene ring substituents is 1. The van der Waals surface area contributed by atoms with Crippen LogP contribution in [0.15, 0.2) is 72.8 Å². The Morgan fingerprint density at radius 3 is 2.08 bits per heavy atom. The van der Waals surface area contributed by atoms with Gasteiger partial charge >= 0.3 is 0 Å². The Kier molecular flexibility index (Phi) is 4.63. The molecule has 3 rings (SSSR count). The van der Waals surface area contributed by atoms with E-state index in [2.05, 4.69) is 5.32 Å². The van der Waals surface area contributed by atoms with Crippen molar-refractivity contribution in [2.45, 2.75) is 0 Å². The minimum Gasteiger partial charge on any atom is -0.457 e. The Morgan fingerprint density at radius 2 is 1.46 bits per heavy atom. The first kappa shape index (κ1) is 15.8.